The number of hydrogen-bond acceptors (Lipinski definition) is 5. The number of primary amides is 1. The molecule has 2 aromatic rings. The molecule has 0 spiro atoms. The second-order valence-electron chi connectivity index (χ2n) is 4.07. The molecule has 1 aromatic carbocycles. The van der Waals surface area contributed by atoms with Gasteiger partial charge in [-0.25, -0.2) is 9.59 Å². The van der Waals surface area contributed by atoms with Crippen LogP contribution in [0.4, 0.5) is 9.59 Å². The number of ether oxygens (including phenoxy) is 1. The van der Waals surface area contributed by atoms with Crippen molar-refractivity contribution in [2.24, 2.45) is 5.73 Å². The van der Waals surface area contributed by atoms with Crippen molar-refractivity contribution in [3.8, 4) is 0 Å². The number of fused-ring (bicyclic) bond motifs is 1. The van der Waals surface area contributed by atoms with E-state index in [-0.39, 0.29) is 0 Å². The Labute approximate surface area is 119 Å². The Morgan fingerprint density at radius 3 is 2.65 bits per heavy atom. The van der Waals surface area contributed by atoms with Crippen LogP contribution in [0.3, 0.4) is 0 Å². The van der Waals surface area contributed by atoms with E-state index in [1.165, 1.54) is 11.3 Å². The Bertz CT molecular complexity index is 607. The highest BCUT2D eigenvalue weighted by atomic mass is 32.1. The van der Waals surface area contributed by atoms with E-state index in [9.17, 15) is 9.59 Å². The predicted octanol–water partition coefficient (Wildman–Crippen LogP) is 3.04. The zero-order valence-electron chi connectivity index (χ0n) is 11.0. The molecule has 1 heterocycles. The molecule has 0 bridgehead atoms. The van der Waals surface area contributed by atoms with Gasteiger partial charge in [0.15, 0.2) is 0 Å². The van der Waals surface area contributed by atoms with E-state index >= 15 is 0 Å². The van der Waals surface area contributed by atoms with Crippen LogP contribution in [0.1, 0.15) is 17.8 Å². The largest absolute Gasteiger partial charge is 0.533 e. The second kappa shape index (κ2) is 5.79. The summed E-state index contributed by atoms with van der Waals surface area (Å²) < 4.78 is 5.45. The van der Waals surface area contributed by atoms with Crippen LogP contribution in [0.5, 0.6) is 0 Å². The lowest BCUT2D eigenvalue weighted by atomic mass is 10.2. The van der Waals surface area contributed by atoms with Crippen LogP contribution in [-0.4, -0.2) is 24.4 Å². The van der Waals surface area contributed by atoms with E-state index in [1.54, 1.807) is 6.92 Å². The summed E-state index contributed by atoms with van der Waals surface area (Å²) in [6.45, 7) is 1.72. The maximum atomic E-state index is 11.4. The minimum atomic E-state index is -0.989. The molecule has 6 nitrogen and oxygen atoms in total. The minimum absolute atomic E-state index is 0.496. The van der Waals surface area contributed by atoms with Crippen molar-refractivity contribution in [2.45, 2.75) is 13.0 Å². The molecule has 1 unspecified atom stereocenters. The number of hydrogen-bond donors (Lipinski definition) is 1. The van der Waals surface area contributed by atoms with E-state index < -0.39 is 18.2 Å². The van der Waals surface area contributed by atoms with Crippen molar-refractivity contribution in [2.75, 3.05) is 7.11 Å². The molecule has 0 aliphatic carbocycles. The third-order valence-corrected chi connectivity index (χ3v) is 4.05. The summed E-state index contributed by atoms with van der Waals surface area (Å²) in [5.41, 5.74) is 5.23. The first-order chi connectivity index (χ1) is 9.52. The molecule has 2 amide bonds. The van der Waals surface area contributed by atoms with Gasteiger partial charge in [0.2, 0.25) is 0 Å². The summed E-state index contributed by atoms with van der Waals surface area (Å²) in [5.74, 6) is 0. The van der Waals surface area contributed by atoms with Crippen molar-refractivity contribution in [3.05, 3.63) is 35.2 Å². The smallest absolute Gasteiger partial charge is 0.436 e. The molecule has 106 valence electrons. The predicted molar refractivity (Wildman–Crippen MR) is 75.2 cm³/mol. The summed E-state index contributed by atoms with van der Waals surface area (Å²) in [6, 6.07) is 8.39. The maximum absolute atomic E-state index is 11.4. The van der Waals surface area contributed by atoms with Crippen LogP contribution in [0.25, 0.3) is 10.1 Å². The third kappa shape index (κ3) is 2.83. The number of nitrogens with zero attached hydrogens (tertiary/aromatic N) is 1. The summed E-state index contributed by atoms with van der Waals surface area (Å²) in [5, 5.41) is 1.86. The molecule has 0 radical (unpaired) electrons. The van der Waals surface area contributed by atoms with E-state index in [0.717, 1.165) is 27.1 Å². The Kier molecular flexibility index (Phi) is 4.09. The number of urea groups is 1. The highest BCUT2D eigenvalue weighted by Gasteiger charge is 2.25. The highest BCUT2D eigenvalue weighted by molar-refractivity contribution is 7.19. The zero-order valence-corrected chi connectivity index (χ0v) is 11.8. The summed E-state index contributed by atoms with van der Waals surface area (Å²) in [7, 11) is 1.16. The Hall–Kier alpha value is -2.28. The Morgan fingerprint density at radius 2 is 2.05 bits per heavy atom. The van der Waals surface area contributed by atoms with Crippen molar-refractivity contribution in [1.29, 1.82) is 0 Å². The molecule has 0 aliphatic heterocycles. The first-order valence-electron chi connectivity index (χ1n) is 5.86. The van der Waals surface area contributed by atoms with E-state index in [0.29, 0.717) is 0 Å². The standard InChI is InChI=1S/C13H14N2O4S/c1-8(15(12(14)16)19-13(17)18-2)11-7-9-5-3-4-6-10(9)20-11/h3-8H,1-2H3,(H2,14,16). The summed E-state index contributed by atoms with van der Waals surface area (Å²) >= 11 is 1.50. The molecule has 7 heteroatoms. The van der Waals surface area contributed by atoms with Crippen LogP contribution >= 0.6 is 11.3 Å². The molecular weight excluding hydrogens is 280 g/mol. The molecule has 2 N–H and O–H groups in total. The zero-order chi connectivity index (χ0) is 14.7. The van der Waals surface area contributed by atoms with Crippen molar-refractivity contribution in [1.82, 2.24) is 5.06 Å². The quantitative estimate of drug-likeness (QED) is 0.681. The monoisotopic (exact) mass is 294 g/mol. The summed E-state index contributed by atoms with van der Waals surface area (Å²) in [4.78, 5) is 28.2. The molecule has 0 saturated carbocycles. The van der Waals surface area contributed by atoms with Gasteiger partial charge in [-0.15, -0.1) is 16.4 Å². The van der Waals surface area contributed by atoms with Crippen LogP contribution in [0.15, 0.2) is 30.3 Å². The molecule has 0 saturated heterocycles. The number of thiophene rings is 1. The second-order valence-corrected chi connectivity index (χ2v) is 5.19. The van der Waals surface area contributed by atoms with Crippen LogP contribution in [-0.2, 0) is 9.57 Å². The van der Waals surface area contributed by atoms with Gasteiger partial charge >= 0.3 is 12.2 Å². The van der Waals surface area contributed by atoms with Crippen LogP contribution < -0.4 is 5.73 Å². The molecule has 1 aromatic heterocycles. The maximum Gasteiger partial charge on any atom is 0.533 e. The normalized spacial score (nSPS) is 11.9. The fraction of sp³-hybridized carbons (Fsp3) is 0.231. The first kappa shape index (κ1) is 14.1. The van der Waals surface area contributed by atoms with Crippen LogP contribution in [0.2, 0.25) is 0 Å². The summed E-state index contributed by atoms with van der Waals surface area (Å²) in [6.07, 6.45) is -0.989. The first-order valence-corrected chi connectivity index (χ1v) is 6.67. The topological polar surface area (TPSA) is 81.9 Å². The lowest BCUT2D eigenvalue weighted by molar-refractivity contribution is -0.107. The molecular formula is C13H14N2O4S. The minimum Gasteiger partial charge on any atom is -0.436 e. The van der Waals surface area contributed by atoms with Gasteiger partial charge in [0.05, 0.1) is 7.11 Å². The average Bonchev–Trinajstić information content (AvgIpc) is 2.87. The number of rotatable bonds is 2. The van der Waals surface area contributed by atoms with E-state index in [4.69, 9.17) is 10.6 Å². The number of carbonyl (C=O) groups is 2. The molecule has 20 heavy (non-hydrogen) atoms. The van der Waals surface area contributed by atoms with Gasteiger partial charge in [-0.3, -0.25) is 0 Å². The lowest BCUT2D eigenvalue weighted by Gasteiger charge is -2.23. The van der Waals surface area contributed by atoms with Gasteiger partial charge in [0.25, 0.3) is 0 Å². The van der Waals surface area contributed by atoms with E-state index in [2.05, 4.69) is 4.74 Å². The number of carbonyl (C=O) groups excluding carboxylic acids is 2. The highest BCUT2D eigenvalue weighted by Crippen LogP contribution is 2.32. The SMILES string of the molecule is COC(=O)ON(C(N)=O)C(C)c1cc2ccccc2s1. The van der Waals surface area contributed by atoms with Gasteiger partial charge in [-0.05, 0) is 24.4 Å². The van der Waals surface area contributed by atoms with Crippen molar-refractivity contribution in [3.63, 3.8) is 0 Å². The third-order valence-electron chi connectivity index (χ3n) is 2.76. The van der Waals surface area contributed by atoms with Gasteiger partial charge in [0.1, 0.15) is 6.04 Å². The van der Waals surface area contributed by atoms with Gasteiger partial charge in [-0.1, -0.05) is 18.2 Å². The van der Waals surface area contributed by atoms with Crippen molar-refractivity contribution < 1.29 is 19.2 Å². The number of hydroxylamine groups is 2. The van der Waals surface area contributed by atoms with Gasteiger partial charge in [0, 0.05) is 9.58 Å². The molecule has 1 atom stereocenters. The number of methoxy groups -OCH3 is 1. The van der Waals surface area contributed by atoms with Gasteiger partial charge in [-0.2, -0.15) is 0 Å². The van der Waals surface area contributed by atoms with E-state index in [1.807, 2.05) is 30.3 Å². The molecule has 0 fully saturated rings. The van der Waals surface area contributed by atoms with Crippen LogP contribution in [0, 0.1) is 0 Å². The fourth-order valence-electron chi connectivity index (χ4n) is 1.76. The average molecular weight is 294 g/mol. The number of nitrogens with two attached hydrogens (primary N) is 1. The number of amides is 2. The molecule has 2 rings (SSSR count). The fourth-order valence-corrected chi connectivity index (χ4v) is 2.85. The Morgan fingerprint density at radius 1 is 1.35 bits per heavy atom. The van der Waals surface area contributed by atoms with Crippen molar-refractivity contribution >= 4 is 33.6 Å². The lowest BCUT2D eigenvalue weighted by Crippen LogP contribution is -2.39. The van der Waals surface area contributed by atoms with Gasteiger partial charge < -0.3 is 15.3 Å². The Balaban J connectivity index is 2.28. The number of benzene rings is 1. The molecule has 0 aliphatic rings.